The molecule has 1 unspecified atom stereocenters. The van der Waals surface area contributed by atoms with E-state index in [9.17, 15) is 9.59 Å². The second-order valence-corrected chi connectivity index (χ2v) is 6.36. The van der Waals surface area contributed by atoms with Gasteiger partial charge in [-0.05, 0) is 55.8 Å². The van der Waals surface area contributed by atoms with Crippen LogP contribution in [0.5, 0.6) is 11.5 Å². The van der Waals surface area contributed by atoms with Crippen LogP contribution in [0.15, 0.2) is 59.8 Å². The van der Waals surface area contributed by atoms with E-state index in [1.54, 1.807) is 56.3 Å². The Balaban J connectivity index is 1.91. The van der Waals surface area contributed by atoms with Crippen molar-refractivity contribution in [2.45, 2.75) is 19.9 Å². The number of rotatable bonds is 5. The molecule has 140 valence electrons. The van der Waals surface area contributed by atoms with Gasteiger partial charge in [0.25, 0.3) is 0 Å². The summed E-state index contributed by atoms with van der Waals surface area (Å²) in [5.74, 6) is 0.725. The highest BCUT2D eigenvalue weighted by molar-refractivity contribution is 6.30. The van der Waals surface area contributed by atoms with Crippen LogP contribution in [0, 0.1) is 0 Å². The van der Waals surface area contributed by atoms with E-state index in [0.29, 0.717) is 33.4 Å². The number of halogens is 1. The minimum absolute atomic E-state index is 0.246. The number of carbonyl (C=O) groups is 2. The predicted molar refractivity (Wildman–Crippen MR) is 102 cm³/mol. The van der Waals surface area contributed by atoms with Gasteiger partial charge in [-0.2, -0.15) is 0 Å². The molecule has 2 aromatic carbocycles. The van der Waals surface area contributed by atoms with E-state index >= 15 is 0 Å². The van der Waals surface area contributed by atoms with Crippen molar-refractivity contribution in [3.05, 3.63) is 70.4 Å². The van der Waals surface area contributed by atoms with Crippen molar-refractivity contribution in [3.63, 3.8) is 0 Å². The van der Waals surface area contributed by atoms with Crippen LogP contribution in [-0.4, -0.2) is 18.6 Å². The first-order chi connectivity index (χ1) is 13.0. The maximum absolute atomic E-state index is 12.4. The molecule has 2 amide bonds. The lowest BCUT2D eigenvalue weighted by molar-refractivity contribution is -0.139. The quantitative estimate of drug-likeness (QED) is 0.750. The van der Waals surface area contributed by atoms with Crippen LogP contribution in [0.2, 0.25) is 5.02 Å². The lowest BCUT2D eigenvalue weighted by Gasteiger charge is -2.28. The molecule has 0 saturated heterocycles. The summed E-state index contributed by atoms with van der Waals surface area (Å²) in [7, 11) is 0. The van der Waals surface area contributed by atoms with Crippen molar-refractivity contribution in [1.29, 1.82) is 0 Å². The number of nitrogens with one attached hydrogen (secondary N) is 2. The molecule has 0 radical (unpaired) electrons. The SMILES string of the molecule is CCOC(=O)C1=C(C)NC(=O)NC1c1cccc(Oc2ccc(Cl)cc2)c1. The average Bonchev–Trinajstić information content (AvgIpc) is 2.63. The van der Waals surface area contributed by atoms with Crippen LogP contribution in [0.1, 0.15) is 25.5 Å². The van der Waals surface area contributed by atoms with Crippen molar-refractivity contribution in [2.24, 2.45) is 0 Å². The Kier molecular flexibility index (Phi) is 5.66. The van der Waals surface area contributed by atoms with Gasteiger partial charge in [-0.3, -0.25) is 0 Å². The van der Waals surface area contributed by atoms with Crippen molar-refractivity contribution < 1.29 is 19.1 Å². The number of esters is 1. The van der Waals surface area contributed by atoms with Crippen LogP contribution < -0.4 is 15.4 Å². The molecule has 2 N–H and O–H groups in total. The number of urea groups is 1. The molecule has 0 spiro atoms. The molecule has 0 aromatic heterocycles. The first kappa shape index (κ1) is 18.8. The summed E-state index contributed by atoms with van der Waals surface area (Å²) in [5, 5.41) is 6.00. The van der Waals surface area contributed by atoms with E-state index in [0.717, 1.165) is 0 Å². The fraction of sp³-hybridized carbons (Fsp3) is 0.200. The standard InChI is InChI=1S/C20H19ClN2O4/c1-3-26-19(24)17-12(2)22-20(25)23-18(17)13-5-4-6-16(11-13)27-15-9-7-14(21)8-10-15/h4-11,18H,3H2,1-2H3,(H2,22,23,25). The lowest BCUT2D eigenvalue weighted by atomic mass is 9.95. The third-order valence-electron chi connectivity index (χ3n) is 4.01. The Bertz CT molecular complexity index is 893. The van der Waals surface area contributed by atoms with Crippen molar-refractivity contribution >= 4 is 23.6 Å². The zero-order valence-corrected chi connectivity index (χ0v) is 15.7. The molecule has 27 heavy (non-hydrogen) atoms. The Morgan fingerprint density at radius 2 is 1.89 bits per heavy atom. The molecular weight excluding hydrogens is 368 g/mol. The highest BCUT2D eigenvalue weighted by atomic mass is 35.5. The molecule has 1 aliphatic heterocycles. The Morgan fingerprint density at radius 1 is 1.15 bits per heavy atom. The number of hydrogen-bond acceptors (Lipinski definition) is 4. The molecule has 1 aliphatic rings. The summed E-state index contributed by atoms with van der Waals surface area (Å²) in [4.78, 5) is 24.3. The largest absolute Gasteiger partial charge is 0.463 e. The van der Waals surface area contributed by atoms with Crippen LogP contribution >= 0.6 is 11.6 Å². The van der Waals surface area contributed by atoms with E-state index in [4.69, 9.17) is 21.1 Å². The minimum Gasteiger partial charge on any atom is -0.463 e. The van der Waals surface area contributed by atoms with Crippen LogP contribution in [-0.2, 0) is 9.53 Å². The topological polar surface area (TPSA) is 76.7 Å². The smallest absolute Gasteiger partial charge is 0.338 e. The van der Waals surface area contributed by atoms with Crippen LogP contribution in [0.3, 0.4) is 0 Å². The van der Waals surface area contributed by atoms with E-state index in [1.807, 2.05) is 6.07 Å². The zero-order valence-electron chi connectivity index (χ0n) is 14.9. The fourth-order valence-corrected chi connectivity index (χ4v) is 2.95. The van der Waals surface area contributed by atoms with E-state index in [1.165, 1.54) is 0 Å². The van der Waals surface area contributed by atoms with Crippen LogP contribution in [0.4, 0.5) is 4.79 Å². The highest BCUT2D eigenvalue weighted by Crippen LogP contribution is 2.31. The molecule has 2 aromatic rings. The molecular formula is C20H19ClN2O4. The highest BCUT2D eigenvalue weighted by Gasteiger charge is 2.32. The molecule has 0 saturated carbocycles. The van der Waals surface area contributed by atoms with Gasteiger partial charge < -0.3 is 20.1 Å². The maximum Gasteiger partial charge on any atom is 0.338 e. The first-order valence-electron chi connectivity index (χ1n) is 8.46. The molecule has 6 nitrogen and oxygen atoms in total. The van der Waals surface area contributed by atoms with E-state index in [-0.39, 0.29) is 12.6 Å². The van der Waals surface area contributed by atoms with Crippen LogP contribution in [0.25, 0.3) is 0 Å². The molecule has 3 rings (SSSR count). The van der Waals surface area contributed by atoms with E-state index < -0.39 is 12.0 Å². The summed E-state index contributed by atoms with van der Waals surface area (Å²) >= 11 is 5.89. The van der Waals surface area contributed by atoms with Crippen molar-refractivity contribution in [3.8, 4) is 11.5 Å². The average molecular weight is 387 g/mol. The predicted octanol–water partition coefficient (Wildman–Crippen LogP) is 4.32. The monoisotopic (exact) mass is 386 g/mol. The molecule has 7 heteroatoms. The Hall–Kier alpha value is -2.99. The van der Waals surface area contributed by atoms with Gasteiger partial charge in [0.1, 0.15) is 11.5 Å². The van der Waals surface area contributed by atoms with E-state index in [2.05, 4.69) is 10.6 Å². The molecule has 0 bridgehead atoms. The number of amides is 2. The first-order valence-corrected chi connectivity index (χ1v) is 8.84. The van der Waals surface area contributed by atoms with Gasteiger partial charge in [-0.25, -0.2) is 9.59 Å². The number of benzene rings is 2. The van der Waals surface area contributed by atoms with Gasteiger partial charge >= 0.3 is 12.0 Å². The third-order valence-corrected chi connectivity index (χ3v) is 4.26. The summed E-state index contributed by atoms with van der Waals surface area (Å²) in [5.41, 5.74) is 1.53. The summed E-state index contributed by atoms with van der Waals surface area (Å²) in [6.45, 7) is 3.65. The molecule has 1 heterocycles. The molecule has 0 fully saturated rings. The Morgan fingerprint density at radius 3 is 2.59 bits per heavy atom. The van der Waals surface area contributed by atoms with Gasteiger partial charge in [-0.1, -0.05) is 23.7 Å². The number of hydrogen-bond donors (Lipinski definition) is 2. The molecule has 0 aliphatic carbocycles. The minimum atomic E-state index is -0.633. The summed E-state index contributed by atoms with van der Waals surface area (Å²) in [6.07, 6.45) is 0. The fourth-order valence-electron chi connectivity index (χ4n) is 2.82. The number of ether oxygens (including phenoxy) is 2. The van der Waals surface area contributed by atoms with Gasteiger partial charge in [0, 0.05) is 10.7 Å². The number of allylic oxidation sites excluding steroid dienone is 1. The summed E-state index contributed by atoms with van der Waals surface area (Å²) in [6, 6.07) is 13.2. The lowest BCUT2D eigenvalue weighted by Crippen LogP contribution is -2.45. The number of carbonyl (C=O) groups excluding carboxylic acids is 2. The summed E-state index contributed by atoms with van der Waals surface area (Å²) < 4.78 is 11.0. The normalized spacial score (nSPS) is 16.4. The Labute approximate surface area is 162 Å². The third kappa shape index (κ3) is 4.41. The zero-order chi connectivity index (χ0) is 19.4. The van der Waals surface area contributed by atoms with Crippen molar-refractivity contribution in [2.75, 3.05) is 6.61 Å². The van der Waals surface area contributed by atoms with Gasteiger partial charge in [0.05, 0.1) is 18.2 Å². The van der Waals surface area contributed by atoms with Gasteiger partial charge in [-0.15, -0.1) is 0 Å². The maximum atomic E-state index is 12.4. The molecule has 1 atom stereocenters. The van der Waals surface area contributed by atoms with Gasteiger partial charge in [0.2, 0.25) is 0 Å². The second-order valence-electron chi connectivity index (χ2n) is 5.92. The second kappa shape index (κ2) is 8.14. The van der Waals surface area contributed by atoms with Gasteiger partial charge in [0.15, 0.2) is 0 Å². The van der Waals surface area contributed by atoms with Crippen molar-refractivity contribution in [1.82, 2.24) is 10.6 Å².